The summed E-state index contributed by atoms with van der Waals surface area (Å²) >= 11 is 2.92. The van der Waals surface area contributed by atoms with Crippen molar-refractivity contribution in [2.24, 2.45) is 0 Å². The number of anilines is 1. The van der Waals surface area contributed by atoms with Gasteiger partial charge in [-0.1, -0.05) is 55.1 Å². The van der Waals surface area contributed by atoms with Crippen molar-refractivity contribution in [3.8, 4) is 0 Å². The van der Waals surface area contributed by atoms with Crippen molar-refractivity contribution in [3.05, 3.63) is 30.3 Å². The van der Waals surface area contributed by atoms with Crippen molar-refractivity contribution >= 4 is 44.2 Å². The molecular formula is C16H22N4O3S3. The van der Waals surface area contributed by atoms with Gasteiger partial charge in [0, 0.05) is 25.3 Å². The van der Waals surface area contributed by atoms with Crippen molar-refractivity contribution in [1.29, 1.82) is 0 Å². The van der Waals surface area contributed by atoms with Gasteiger partial charge in [-0.25, -0.2) is 12.7 Å². The molecule has 0 fully saturated rings. The zero-order valence-corrected chi connectivity index (χ0v) is 17.3. The predicted octanol–water partition coefficient (Wildman–Crippen LogP) is 3.08. The molecule has 0 aliphatic carbocycles. The predicted molar refractivity (Wildman–Crippen MR) is 105 cm³/mol. The number of benzene rings is 1. The van der Waals surface area contributed by atoms with E-state index in [2.05, 4.69) is 29.4 Å². The zero-order valence-electron chi connectivity index (χ0n) is 14.9. The quantitative estimate of drug-likeness (QED) is 0.501. The molecular weight excluding hydrogens is 392 g/mol. The Balaban J connectivity index is 1.80. The van der Waals surface area contributed by atoms with E-state index in [1.54, 1.807) is 42.1 Å². The number of rotatable bonds is 9. The van der Waals surface area contributed by atoms with Gasteiger partial charge in [0.25, 0.3) is 0 Å². The van der Waals surface area contributed by atoms with Crippen LogP contribution in [0, 0.1) is 0 Å². The number of carbonyl (C=O) groups is 1. The van der Waals surface area contributed by atoms with Crippen LogP contribution in [-0.2, 0) is 14.8 Å². The number of nitrogens with one attached hydrogen (secondary N) is 1. The Hall–Kier alpha value is -1.49. The molecule has 2 rings (SSSR count). The topological polar surface area (TPSA) is 92.3 Å². The number of hydrogen-bond acceptors (Lipinski definition) is 7. The van der Waals surface area contributed by atoms with Gasteiger partial charge in [-0.2, -0.15) is 0 Å². The lowest BCUT2D eigenvalue weighted by Gasteiger charge is -2.16. The third-order valence-electron chi connectivity index (χ3n) is 3.32. The summed E-state index contributed by atoms with van der Waals surface area (Å²) in [5, 5.41) is 11.5. The third kappa shape index (κ3) is 6.04. The summed E-state index contributed by atoms with van der Waals surface area (Å²) in [6.07, 6.45) is 0.627. The van der Waals surface area contributed by atoms with Crippen LogP contribution in [0.15, 0.2) is 39.6 Å². The van der Waals surface area contributed by atoms with Gasteiger partial charge < -0.3 is 5.32 Å². The highest BCUT2D eigenvalue weighted by Crippen LogP contribution is 2.28. The number of thioether (sulfide) groups is 1. The van der Waals surface area contributed by atoms with Crippen LogP contribution in [0.25, 0.3) is 0 Å². The molecule has 2 aromatic rings. The molecule has 1 aromatic carbocycles. The summed E-state index contributed by atoms with van der Waals surface area (Å²) in [6.45, 7) is 4.38. The molecule has 0 radical (unpaired) electrons. The van der Waals surface area contributed by atoms with Gasteiger partial charge in [-0.05, 0) is 18.6 Å². The lowest BCUT2D eigenvalue weighted by Crippen LogP contribution is -2.28. The molecule has 0 bridgehead atoms. The second-order valence-electron chi connectivity index (χ2n) is 5.83. The Kier molecular flexibility index (Phi) is 7.56. The standard InChI is InChI=1S/C16H22N4O3S3/c1-12(2)24-16-19-18-15(25-16)17-14(21)10-7-11-20(3)26(22,23)13-8-5-4-6-9-13/h4-6,8-9,12H,7,10-11H2,1-3H3,(H,17,18,21). The highest BCUT2D eigenvalue weighted by molar-refractivity contribution is 8.01. The number of hydrogen-bond donors (Lipinski definition) is 1. The average Bonchev–Trinajstić information content (AvgIpc) is 3.01. The minimum Gasteiger partial charge on any atom is -0.301 e. The maximum atomic E-state index is 12.4. The first-order chi connectivity index (χ1) is 12.3. The van der Waals surface area contributed by atoms with Crippen LogP contribution in [0.1, 0.15) is 26.7 Å². The molecule has 0 aliphatic heterocycles. The van der Waals surface area contributed by atoms with Gasteiger partial charge in [-0.3, -0.25) is 4.79 Å². The number of amides is 1. The van der Waals surface area contributed by atoms with E-state index in [4.69, 9.17) is 0 Å². The summed E-state index contributed by atoms with van der Waals surface area (Å²) in [5.41, 5.74) is 0. The van der Waals surface area contributed by atoms with E-state index < -0.39 is 10.0 Å². The summed E-state index contributed by atoms with van der Waals surface area (Å²) in [4.78, 5) is 12.2. The first kappa shape index (κ1) is 20.8. The summed E-state index contributed by atoms with van der Waals surface area (Å²) < 4.78 is 26.9. The van der Waals surface area contributed by atoms with Crippen LogP contribution in [0.3, 0.4) is 0 Å². The molecule has 0 atom stereocenters. The molecule has 26 heavy (non-hydrogen) atoms. The van der Waals surface area contributed by atoms with E-state index in [0.717, 1.165) is 4.34 Å². The van der Waals surface area contributed by atoms with E-state index in [0.29, 0.717) is 16.8 Å². The summed E-state index contributed by atoms with van der Waals surface area (Å²) in [6, 6.07) is 8.24. The van der Waals surface area contributed by atoms with Gasteiger partial charge in [-0.15, -0.1) is 10.2 Å². The Morgan fingerprint density at radius 1 is 1.27 bits per heavy atom. The van der Waals surface area contributed by atoms with Crippen LogP contribution in [0.4, 0.5) is 5.13 Å². The molecule has 1 aromatic heterocycles. The molecule has 0 spiro atoms. The van der Waals surface area contributed by atoms with Crippen LogP contribution in [-0.4, -0.2) is 47.7 Å². The Morgan fingerprint density at radius 3 is 2.62 bits per heavy atom. The number of aromatic nitrogens is 2. The highest BCUT2D eigenvalue weighted by atomic mass is 32.2. The zero-order chi connectivity index (χ0) is 19.2. The number of sulfonamides is 1. The fraction of sp³-hybridized carbons (Fsp3) is 0.438. The van der Waals surface area contributed by atoms with Gasteiger partial charge in [0.1, 0.15) is 0 Å². The largest absolute Gasteiger partial charge is 0.301 e. The minimum absolute atomic E-state index is 0.201. The van der Waals surface area contributed by atoms with Crippen molar-refractivity contribution in [2.45, 2.75) is 41.2 Å². The van der Waals surface area contributed by atoms with E-state index in [-0.39, 0.29) is 23.8 Å². The maximum Gasteiger partial charge on any atom is 0.242 e. The second kappa shape index (κ2) is 9.45. The molecule has 10 heteroatoms. The normalized spacial score (nSPS) is 11.9. The minimum atomic E-state index is -3.53. The summed E-state index contributed by atoms with van der Waals surface area (Å²) in [5.74, 6) is -0.201. The van der Waals surface area contributed by atoms with Crippen molar-refractivity contribution < 1.29 is 13.2 Å². The highest BCUT2D eigenvalue weighted by Gasteiger charge is 2.20. The van der Waals surface area contributed by atoms with Gasteiger partial charge in [0.15, 0.2) is 4.34 Å². The fourth-order valence-electron chi connectivity index (χ4n) is 2.05. The van der Waals surface area contributed by atoms with E-state index >= 15 is 0 Å². The molecule has 142 valence electrons. The smallest absolute Gasteiger partial charge is 0.242 e. The van der Waals surface area contributed by atoms with Crippen molar-refractivity contribution in [2.75, 3.05) is 18.9 Å². The number of carbonyl (C=O) groups excluding carboxylic acids is 1. The van der Waals surface area contributed by atoms with Crippen molar-refractivity contribution in [1.82, 2.24) is 14.5 Å². The molecule has 1 heterocycles. The Bertz CT molecular complexity index is 822. The van der Waals surface area contributed by atoms with Crippen molar-refractivity contribution in [3.63, 3.8) is 0 Å². The van der Waals surface area contributed by atoms with Gasteiger partial charge >= 0.3 is 0 Å². The average molecular weight is 415 g/mol. The van der Waals surface area contributed by atoms with Crippen LogP contribution >= 0.6 is 23.1 Å². The first-order valence-electron chi connectivity index (χ1n) is 8.10. The third-order valence-corrected chi connectivity index (χ3v) is 7.12. The lowest BCUT2D eigenvalue weighted by molar-refractivity contribution is -0.116. The van der Waals surface area contributed by atoms with Gasteiger partial charge in [0.05, 0.1) is 4.90 Å². The molecule has 0 aliphatic rings. The monoisotopic (exact) mass is 414 g/mol. The molecule has 7 nitrogen and oxygen atoms in total. The number of nitrogens with zero attached hydrogens (tertiary/aromatic N) is 3. The van der Waals surface area contributed by atoms with E-state index in [1.807, 2.05) is 0 Å². The van der Waals surface area contributed by atoms with E-state index in [9.17, 15) is 13.2 Å². The van der Waals surface area contributed by atoms with Crippen LogP contribution < -0.4 is 5.32 Å². The molecule has 0 unspecified atom stereocenters. The molecule has 1 amide bonds. The first-order valence-corrected chi connectivity index (χ1v) is 11.2. The van der Waals surface area contributed by atoms with Gasteiger partial charge in [0.2, 0.25) is 21.1 Å². The van der Waals surface area contributed by atoms with E-state index in [1.165, 1.54) is 22.7 Å². The molecule has 1 N–H and O–H groups in total. The second-order valence-corrected chi connectivity index (χ2v) is 10.7. The molecule has 0 saturated heterocycles. The fourth-order valence-corrected chi connectivity index (χ4v) is 5.27. The lowest BCUT2D eigenvalue weighted by atomic mass is 10.3. The summed E-state index contributed by atoms with van der Waals surface area (Å²) in [7, 11) is -2.01. The van der Waals surface area contributed by atoms with Crippen LogP contribution in [0.5, 0.6) is 0 Å². The van der Waals surface area contributed by atoms with Crippen LogP contribution in [0.2, 0.25) is 0 Å². The molecule has 0 saturated carbocycles. The SMILES string of the molecule is CC(C)Sc1nnc(NC(=O)CCCN(C)S(=O)(=O)c2ccccc2)s1. The Labute approximate surface area is 162 Å². The Morgan fingerprint density at radius 2 is 1.96 bits per heavy atom. The maximum absolute atomic E-state index is 12.4.